The molecule has 1 rings (SSSR count). The van der Waals surface area contributed by atoms with Crippen molar-refractivity contribution in [2.45, 2.75) is 125 Å². The van der Waals surface area contributed by atoms with Gasteiger partial charge in [0.25, 0.3) is 0 Å². The molecule has 0 aromatic heterocycles. The van der Waals surface area contributed by atoms with Gasteiger partial charge in [0.15, 0.2) is 0 Å². The first-order chi connectivity index (χ1) is 16.6. The number of hydrogen-bond acceptors (Lipinski definition) is 4. The van der Waals surface area contributed by atoms with Crippen LogP contribution in [0, 0.1) is 19.8 Å². The first-order valence-electron chi connectivity index (χ1n) is 13.3. The molecular weight excluding hydrogens is 454 g/mol. The van der Waals surface area contributed by atoms with Gasteiger partial charge in [-0.15, -0.1) is 0 Å². The Hall–Kier alpha value is -2.57. The Balaban J connectivity index is 3.54. The topological polar surface area (TPSA) is 87.7 Å². The predicted molar refractivity (Wildman–Crippen MR) is 146 cm³/mol. The van der Waals surface area contributed by atoms with Crippen LogP contribution in [0.4, 0.5) is 4.79 Å². The zero-order valence-electron chi connectivity index (χ0n) is 24.3. The summed E-state index contributed by atoms with van der Waals surface area (Å²) in [4.78, 5) is 42.2. The summed E-state index contributed by atoms with van der Waals surface area (Å²) in [6.45, 7) is 21.1. The standard InChI is InChI=1S/C29H49N3O4/c1-12-14-22(8)30-26(33)25(23-16-15-20(6)21(7)17-23)32(18(3)4)27(34)24(19(5)13-2)31-28(35)36-29(9,10)11/h15-19,22,24-25H,12-14H2,1-11H3,(H,30,33)(H,31,35). The predicted octanol–water partition coefficient (Wildman–Crippen LogP) is 5.83. The van der Waals surface area contributed by atoms with E-state index in [1.807, 2.05) is 66.7 Å². The fourth-order valence-corrected chi connectivity index (χ4v) is 4.16. The third kappa shape index (κ3) is 9.14. The fraction of sp³-hybridized carbons (Fsp3) is 0.690. The number of carbonyl (C=O) groups excluding carboxylic acids is 3. The summed E-state index contributed by atoms with van der Waals surface area (Å²) in [6.07, 6.45) is 1.81. The largest absolute Gasteiger partial charge is 0.444 e. The molecule has 3 amide bonds. The van der Waals surface area contributed by atoms with Gasteiger partial charge in [0.2, 0.25) is 11.8 Å². The highest BCUT2D eigenvalue weighted by atomic mass is 16.6. The van der Waals surface area contributed by atoms with Crippen molar-refractivity contribution in [2.24, 2.45) is 5.92 Å². The Labute approximate surface area is 218 Å². The van der Waals surface area contributed by atoms with E-state index in [0.29, 0.717) is 6.42 Å². The second kappa shape index (κ2) is 13.7. The van der Waals surface area contributed by atoms with Gasteiger partial charge in [0, 0.05) is 12.1 Å². The van der Waals surface area contributed by atoms with Crippen LogP contribution < -0.4 is 10.6 Å². The highest BCUT2D eigenvalue weighted by Gasteiger charge is 2.39. The van der Waals surface area contributed by atoms with Gasteiger partial charge >= 0.3 is 6.09 Å². The number of hydrogen-bond donors (Lipinski definition) is 2. The molecule has 1 aromatic rings. The molecule has 0 aliphatic rings. The lowest BCUT2D eigenvalue weighted by molar-refractivity contribution is -0.145. The van der Waals surface area contributed by atoms with Crippen LogP contribution in [-0.4, -0.2) is 46.5 Å². The first kappa shape index (κ1) is 31.5. The molecule has 1 aromatic carbocycles. The Morgan fingerprint density at radius 3 is 2.06 bits per heavy atom. The van der Waals surface area contributed by atoms with E-state index in [-0.39, 0.29) is 29.8 Å². The minimum absolute atomic E-state index is 0.0223. The van der Waals surface area contributed by atoms with E-state index in [9.17, 15) is 14.4 Å². The molecule has 0 spiro atoms. The summed E-state index contributed by atoms with van der Waals surface area (Å²) >= 11 is 0. The van der Waals surface area contributed by atoms with Crippen molar-refractivity contribution in [1.29, 1.82) is 0 Å². The molecule has 0 aliphatic carbocycles. The molecule has 36 heavy (non-hydrogen) atoms. The maximum atomic E-state index is 14.1. The number of nitrogens with zero attached hydrogens (tertiary/aromatic N) is 1. The summed E-state index contributed by atoms with van der Waals surface area (Å²) in [5, 5.41) is 5.91. The fourth-order valence-electron chi connectivity index (χ4n) is 4.16. The Kier molecular flexibility index (Phi) is 11.9. The van der Waals surface area contributed by atoms with Crippen molar-refractivity contribution in [3.8, 4) is 0 Å². The molecule has 7 nitrogen and oxygen atoms in total. The second-order valence-corrected chi connectivity index (χ2v) is 11.3. The monoisotopic (exact) mass is 503 g/mol. The van der Waals surface area contributed by atoms with Crippen molar-refractivity contribution < 1.29 is 19.1 Å². The molecule has 0 aliphatic heterocycles. The second-order valence-electron chi connectivity index (χ2n) is 11.3. The number of alkyl carbamates (subject to hydrolysis) is 1. The maximum Gasteiger partial charge on any atom is 0.408 e. The molecule has 0 bridgehead atoms. The number of nitrogens with one attached hydrogen (secondary N) is 2. The normalized spacial score (nSPS) is 15.0. The van der Waals surface area contributed by atoms with Gasteiger partial charge in [0.05, 0.1) is 0 Å². The van der Waals surface area contributed by atoms with Crippen LogP contribution in [0.15, 0.2) is 18.2 Å². The number of amides is 3. The van der Waals surface area contributed by atoms with Crippen molar-refractivity contribution in [3.05, 3.63) is 34.9 Å². The lowest BCUT2D eigenvalue weighted by Gasteiger charge is -2.39. The van der Waals surface area contributed by atoms with Crippen molar-refractivity contribution in [3.63, 3.8) is 0 Å². The van der Waals surface area contributed by atoms with Crippen LogP contribution in [-0.2, 0) is 14.3 Å². The van der Waals surface area contributed by atoms with Gasteiger partial charge in [0.1, 0.15) is 17.7 Å². The summed E-state index contributed by atoms with van der Waals surface area (Å²) < 4.78 is 5.45. The lowest BCUT2D eigenvalue weighted by atomic mass is 9.93. The van der Waals surface area contributed by atoms with Gasteiger partial charge in [-0.25, -0.2) is 4.79 Å². The van der Waals surface area contributed by atoms with Crippen LogP contribution >= 0.6 is 0 Å². The SMILES string of the molecule is CCCC(C)NC(=O)C(c1ccc(C)c(C)c1)N(C(=O)C(NC(=O)OC(C)(C)C)C(C)CC)C(C)C. The average Bonchev–Trinajstić information content (AvgIpc) is 2.75. The van der Waals surface area contributed by atoms with Gasteiger partial charge in [-0.1, -0.05) is 51.8 Å². The first-order valence-corrected chi connectivity index (χ1v) is 13.3. The molecule has 0 radical (unpaired) electrons. The van der Waals surface area contributed by atoms with Crippen molar-refractivity contribution >= 4 is 17.9 Å². The van der Waals surface area contributed by atoms with Gasteiger partial charge in [-0.3, -0.25) is 9.59 Å². The zero-order chi connectivity index (χ0) is 27.8. The summed E-state index contributed by atoms with van der Waals surface area (Å²) in [5.74, 6) is -0.679. The van der Waals surface area contributed by atoms with Crippen LogP contribution in [0.5, 0.6) is 0 Å². The molecule has 2 N–H and O–H groups in total. The third-order valence-electron chi connectivity index (χ3n) is 6.45. The van der Waals surface area contributed by atoms with Crippen LogP contribution in [0.1, 0.15) is 104 Å². The van der Waals surface area contributed by atoms with E-state index >= 15 is 0 Å². The molecule has 0 saturated carbocycles. The highest BCUT2D eigenvalue weighted by Crippen LogP contribution is 2.28. The number of ether oxygens (including phenoxy) is 1. The Bertz CT molecular complexity index is 891. The smallest absolute Gasteiger partial charge is 0.408 e. The van der Waals surface area contributed by atoms with Gasteiger partial charge in [-0.05, 0) is 84.4 Å². The van der Waals surface area contributed by atoms with Crippen LogP contribution in [0.25, 0.3) is 0 Å². The lowest BCUT2D eigenvalue weighted by Crippen LogP contribution is -2.57. The van der Waals surface area contributed by atoms with Gasteiger partial charge < -0.3 is 20.3 Å². The number of aryl methyl sites for hydroxylation is 2. The molecule has 204 valence electrons. The van der Waals surface area contributed by atoms with Crippen molar-refractivity contribution in [1.82, 2.24) is 15.5 Å². The number of benzene rings is 1. The molecule has 0 saturated heterocycles. The van der Waals surface area contributed by atoms with Gasteiger partial charge in [-0.2, -0.15) is 0 Å². The molecule has 0 fully saturated rings. The van der Waals surface area contributed by atoms with E-state index in [2.05, 4.69) is 17.6 Å². The third-order valence-corrected chi connectivity index (χ3v) is 6.45. The maximum absolute atomic E-state index is 14.1. The molecular formula is C29H49N3O4. The van der Waals surface area contributed by atoms with E-state index in [0.717, 1.165) is 29.5 Å². The quantitative estimate of drug-likeness (QED) is 0.398. The highest BCUT2D eigenvalue weighted by molar-refractivity contribution is 5.92. The van der Waals surface area contributed by atoms with E-state index in [4.69, 9.17) is 4.74 Å². The molecule has 0 heterocycles. The van der Waals surface area contributed by atoms with Crippen LogP contribution in [0.3, 0.4) is 0 Å². The Morgan fingerprint density at radius 1 is 0.972 bits per heavy atom. The molecule has 4 unspecified atom stereocenters. The summed E-state index contributed by atoms with van der Waals surface area (Å²) in [7, 11) is 0. The Morgan fingerprint density at radius 2 is 1.58 bits per heavy atom. The van der Waals surface area contributed by atoms with Crippen LogP contribution in [0.2, 0.25) is 0 Å². The number of carbonyl (C=O) groups is 3. The summed E-state index contributed by atoms with van der Waals surface area (Å²) in [6, 6.07) is 3.90. The molecule has 7 heteroatoms. The van der Waals surface area contributed by atoms with E-state index < -0.39 is 23.8 Å². The van der Waals surface area contributed by atoms with Crippen molar-refractivity contribution in [2.75, 3.05) is 0 Å². The minimum Gasteiger partial charge on any atom is -0.444 e. The minimum atomic E-state index is -0.831. The van der Waals surface area contributed by atoms with E-state index in [1.54, 1.807) is 25.7 Å². The average molecular weight is 504 g/mol. The molecule has 4 atom stereocenters. The number of rotatable bonds is 11. The summed E-state index contributed by atoms with van der Waals surface area (Å²) in [5.41, 5.74) is 2.22. The van der Waals surface area contributed by atoms with E-state index in [1.165, 1.54) is 0 Å². The zero-order valence-corrected chi connectivity index (χ0v) is 24.3.